The number of rotatable bonds is 3. The van der Waals surface area contributed by atoms with Crippen molar-refractivity contribution in [1.82, 2.24) is 10.2 Å². The van der Waals surface area contributed by atoms with Crippen molar-refractivity contribution >= 4 is 24.8 Å². The zero-order chi connectivity index (χ0) is 10.5. The first-order valence-corrected chi connectivity index (χ1v) is 5.25. The lowest BCUT2D eigenvalue weighted by molar-refractivity contribution is 0.175. The van der Waals surface area contributed by atoms with Crippen LogP contribution in [0.4, 0.5) is 0 Å². The van der Waals surface area contributed by atoms with Gasteiger partial charge in [-0.15, -0.1) is 24.8 Å². The summed E-state index contributed by atoms with van der Waals surface area (Å²) in [6.07, 6.45) is 3.94. The fraction of sp³-hybridized carbons (Fsp3) is 0.545. The van der Waals surface area contributed by atoms with E-state index in [4.69, 9.17) is 9.68 Å². The Morgan fingerprint density at radius 1 is 1.41 bits per heavy atom. The van der Waals surface area contributed by atoms with Crippen LogP contribution in [0.1, 0.15) is 18.0 Å². The van der Waals surface area contributed by atoms with E-state index in [1.165, 1.54) is 0 Å². The highest BCUT2D eigenvalue weighted by atomic mass is 35.5. The zero-order valence-corrected chi connectivity index (χ0v) is 11.1. The van der Waals surface area contributed by atoms with E-state index < -0.39 is 0 Å². The Bertz CT molecular complexity index is 331. The highest BCUT2D eigenvalue weighted by Crippen LogP contribution is 2.24. The van der Waals surface area contributed by atoms with Gasteiger partial charge in [0.05, 0.1) is 31.1 Å². The first-order chi connectivity index (χ1) is 7.42. The Balaban J connectivity index is 0.00000128. The molecule has 4 nitrogen and oxygen atoms in total. The highest BCUT2D eigenvalue weighted by molar-refractivity contribution is 5.85. The molecule has 1 saturated heterocycles. The Kier molecular flexibility index (Phi) is 8.01. The number of nitrogens with zero attached hydrogens (tertiary/aromatic N) is 2. The number of furan rings is 1. The molecule has 1 aliphatic rings. The molecule has 1 N–H and O–H groups in total. The summed E-state index contributed by atoms with van der Waals surface area (Å²) >= 11 is 0. The largest absolute Gasteiger partial charge is 0.472 e. The predicted octanol–water partition coefficient (Wildman–Crippen LogP) is 1.98. The van der Waals surface area contributed by atoms with Crippen LogP contribution >= 0.6 is 24.8 Å². The van der Waals surface area contributed by atoms with Crippen molar-refractivity contribution in [3.05, 3.63) is 24.2 Å². The molecule has 0 aliphatic carbocycles. The molecular formula is C11H17Cl2N3O. The van der Waals surface area contributed by atoms with Crippen molar-refractivity contribution in [1.29, 1.82) is 5.26 Å². The van der Waals surface area contributed by atoms with Crippen LogP contribution < -0.4 is 5.32 Å². The Labute approximate surface area is 114 Å². The van der Waals surface area contributed by atoms with E-state index in [1.54, 1.807) is 12.5 Å². The minimum Gasteiger partial charge on any atom is -0.472 e. The van der Waals surface area contributed by atoms with Gasteiger partial charge in [-0.05, 0) is 6.07 Å². The molecular weight excluding hydrogens is 261 g/mol. The summed E-state index contributed by atoms with van der Waals surface area (Å²) in [5.74, 6) is 0. The fourth-order valence-corrected chi connectivity index (χ4v) is 2.00. The second kappa shape index (κ2) is 8.37. The molecule has 0 amide bonds. The smallest absolute Gasteiger partial charge is 0.0950 e. The van der Waals surface area contributed by atoms with Crippen LogP contribution in [0.2, 0.25) is 0 Å². The van der Waals surface area contributed by atoms with Gasteiger partial charge in [0.1, 0.15) is 0 Å². The maximum atomic E-state index is 8.84. The molecule has 1 fully saturated rings. The van der Waals surface area contributed by atoms with E-state index in [-0.39, 0.29) is 30.9 Å². The fourth-order valence-electron chi connectivity index (χ4n) is 2.00. The normalized spacial score (nSPS) is 17.4. The minimum absolute atomic E-state index is 0. The summed E-state index contributed by atoms with van der Waals surface area (Å²) in [5, 5.41) is 12.2. The molecule has 6 heteroatoms. The molecule has 0 saturated carbocycles. The zero-order valence-electron chi connectivity index (χ0n) is 9.46. The SMILES string of the molecule is Cl.Cl.N#CC[C@H](c1ccoc1)N1CCNCC1. The summed E-state index contributed by atoms with van der Waals surface area (Å²) in [4.78, 5) is 2.34. The molecule has 2 rings (SSSR count). The number of halogens is 2. The van der Waals surface area contributed by atoms with Gasteiger partial charge in [-0.25, -0.2) is 0 Å². The van der Waals surface area contributed by atoms with Crippen molar-refractivity contribution in [3.63, 3.8) is 0 Å². The van der Waals surface area contributed by atoms with Crippen LogP contribution in [0.25, 0.3) is 0 Å². The number of nitrogens with one attached hydrogen (secondary N) is 1. The Hall–Kier alpha value is -0.730. The lowest BCUT2D eigenvalue weighted by Gasteiger charge is -2.33. The molecule has 1 aromatic heterocycles. The molecule has 0 aromatic carbocycles. The van der Waals surface area contributed by atoms with E-state index in [0.717, 1.165) is 31.7 Å². The second-order valence-electron chi connectivity index (χ2n) is 3.72. The van der Waals surface area contributed by atoms with Crippen LogP contribution in [-0.2, 0) is 0 Å². The predicted molar refractivity (Wildman–Crippen MR) is 70.6 cm³/mol. The van der Waals surface area contributed by atoms with E-state index >= 15 is 0 Å². The number of hydrogen-bond acceptors (Lipinski definition) is 4. The van der Waals surface area contributed by atoms with Gasteiger partial charge in [-0.3, -0.25) is 4.90 Å². The van der Waals surface area contributed by atoms with E-state index in [2.05, 4.69) is 16.3 Å². The maximum Gasteiger partial charge on any atom is 0.0950 e. The summed E-state index contributed by atoms with van der Waals surface area (Å²) in [5.41, 5.74) is 1.11. The molecule has 1 aliphatic heterocycles. The van der Waals surface area contributed by atoms with Crippen molar-refractivity contribution < 1.29 is 4.42 Å². The second-order valence-corrected chi connectivity index (χ2v) is 3.72. The molecule has 1 aromatic rings. The third-order valence-electron chi connectivity index (χ3n) is 2.80. The molecule has 0 spiro atoms. The Morgan fingerprint density at radius 2 is 2.12 bits per heavy atom. The van der Waals surface area contributed by atoms with Crippen molar-refractivity contribution in [2.24, 2.45) is 0 Å². The monoisotopic (exact) mass is 277 g/mol. The average molecular weight is 278 g/mol. The van der Waals surface area contributed by atoms with Crippen LogP contribution in [0, 0.1) is 11.3 Å². The first-order valence-electron chi connectivity index (χ1n) is 5.25. The van der Waals surface area contributed by atoms with Gasteiger partial charge in [0, 0.05) is 31.7 Å². The van der Waals surface area contributed by atoms with Gasteiger partial charge in [-0.2, -0.15) is 5.26 Å². The molecule has 2 heterocycles. The van der Waals surface area contributed by atoms with E-state index in [9.17, 15) is 0 Å². The highest BCUT2D eigenvalue weighted by Gasteiger charge is 2.22. The molecule has 17 heavy (non-hydrogen) atoms. The molecule has 0 radical (unpaired) electrons. The number of piperazine rings is 1. The van der Waals surface area contributed by atoms with Gasteiger partial charge < -0.3 is 9.73 Å². The summed E-state index contributed by atoms with van der Waals surface area (Å²) in [6, 6.07) is 4.39. The summed E-state index contributed by atoms with van der Waals surface area (Å²) < 4.78 is 5.08. The van der Waals surface area contributed by atoms with Gasteiger partial charge in [0.25, 0.3) is 0 Å². The number of nitriles is 1. The van der Waals surface area contributed by atoms with Gasteiger partial charge in [0.15, 0.2) is 0 Å². The standard InChI is InChI=1S/C11H15N3O.2ClH/c12-3-1-11(10-2-8-15-9-10)14-6-4-13-5-7-14;;/h2,8-9,11,13H,1,4-7H2;2*1H/t11-;;/m1../s1. The van der Waals surface area contributed by atoms with Crippen LogP contribution in [0.5, 0.6) is 0 Å². The third kappa shape index (κ3) is 4.21. The minimum atomic E-state index is 0. The van der Waals surface area contributed by atoms with Gasteiger partial charge in [0.2, 0.25) is 0 Å². The maximum absolute atomic E-state index is 8.84. The Morgan fingerprint density at radius 3 is 2.65 bits per heavy atom. The van der Waals surface area contributed by atoms with Crippen molar-refractivity contribution in [2.75, 3.05) is 26.2 Å². The van der Waals surface area contributed by atoms with Gasteiger partial charge >= 0.3 is 0 Å². The lowest BCUT2D eigenvalue weighted by Crippen LogP contribution is -2.45. The van der Waals surface area contributed by atoms with Crippen molar-refractivity contribution in [2.45, 2.75) is 12.5 Å². The van der Waals surface area contributed by atoms with Crippen LogP contribution in [-0.4, -0.2) is 31.1 Å². The van der Waals surface area contributed by atoms with Crippen LogP contribution in [0.15, 0.2) is 23.0 Å². The topological polar surface area (TPSA) is 52.2 Å². The molecule has 1 atom stereocenters. The third-order valence-corrected chi connectivity index (χ3v) is 2.80. The van der Waals surface area contributed by atoms with Gasteiger partial charge in [-0.1, -0.05) is 0 Å². The van der Waals surface area contributed by atoms with E-state index in [0.29, 0.717) is 6.42 Å². The molecule has 96 valence electrons. The van der Waals surface area contributed by atoms with Crippen molar-refractivity contribution in [3.8, 4) is 6.07 Å². The van der Waals surface area contributed by atoms with E-state index in [1.807, 2.05) is 6.07 Å². The average Bonchev–Trinajstić information content (AvgIpc) is 2.80. The molecule has 0 bridgehead atoms. The first kappa shape index (κ1) is 16.3. The lowest BCUT2D eigenvalue weighted by atomic mass is 10.1. The summed E-state index contributed by atoms with van der Waals surface area (Å²) in [6.45, 7) is 3.99. The van der Waals surface area contributed by atoms with Crippen LogP contribution in [0.3, 0.4) is 0 Å². The molecule has 0 unspecified atom stereocenters. The quantitative estimate of drug-likeness (QED) is 0.918. The summed E-state index contributed by atoms with van der Waals surface area (Å²) in [7, 11) is 0. The number of hydrogen-bond donors (Lipinski definition) is 1.